The van der Waals surface area contributed by atoms with Crippen LogP contribution in [0.15, 0.2) is 11.6 Å². The number of allylic oxidation sites excluding steroid dienone is 1. The molecule has 0 bridgehead atoms. The molecule has 1 aliphatic rings. The number of rotatable bonds is 4. The molecule has 82 valence electrons. The molecule has 1 rings (SSSR count). The van der Waals surface area contributed by atoms with E-state index in [9.17, 15) is 5.11 Å². The normalized spacial score (nSPS) is 22.4. The lowest BCUT2D eigenvalue weighted by Gasteiger charge is -2.27. The Labute approximate surface area is 88.2 Å². The standard InChI is InChI=1S/C13H24O/c1-3-8-13(14)12(4-2)11-9-6-5-7-10-11/h4,11,13-14H,3,5-10H2,1-2H3/b12-4+/t13-/m1/s1. The van der Waals surface area contributed by atoms with Crippen molar-refractivity contribution in [3.63, 3.8) is 0 Å². The number of hydrogen-bond acceptors (Lipinski definition) is 1. The predicted molar refractivity (Wildman–Crippen MR) is 61.2 cm³/mol. The van der Waals surface area contributed by atoms with Crippen molar-refractivity contribution < 1.29 is 5.11 Å². The zero-order valence-corrected chi connectivity index (χ0v) is 9.63. The molecule has 0 aromatic carbocycles. The van der Waals surface area contributed by atoms with Crippen LogP contribution in [-0.2, 0) is 0 Å². The maximum absolute atomic E-state index is 9.99. The van der Waals surface area contributed by atoms with E-state index < -0.39 is 0 Å². The van der Waals surface area contributed by atoms with E-state index in [1.807, 2.05) is 0 Å². The molecule has 0 unspecified atom stereocenters. The van der Waals surface area contributed by atoms with Crippen molar-refractivity contribution in [1.82, 2.24) is 0 Å². The molecule has 1 N–H and O–H groups in total. The number of aliphatic hydroxyl groups is 1. The van der Waals surface area contributed by atoms with Gasteiger partial charge in [0.25, 0.3) is 0 Å². The first kappa shape index (κ1) is 11.8. The van der Waals surface area contributed by atoms with Crippen LogP contribution in [0.5, 0.6) is 0 Å². The Morgan fingerprint density at radius 3 is 2.50 bits per heavy atom. The van der Waals surface area contributed by atoms with Crippen LogP contribution < -0.4 is 0 Å². The number of hydrogen-bond donors (Lipinski definition) is 1. The quantitative estimate of drug-likeness (QED) is 0.680. The maximum Gasteiger partial charge on any atom is 0.0752 e. The molecule has 0 aliphatic heterocycles. The van der Waals surface area contributed by atoms with Crippen LogP contribution in [-0.4, -0.2) is 11.2 Å². The Bertz CT molecular complexity index is 178. The monoisotopic (exact) mass is 196 g/mol. The second kappa shape index (κ2) is 6.23. The summed E-state index contributed by atoms with van der Waals surface area (Å²) < 4.78 is 0. The van der Waals surface area contributed by atoms with E-state index >= 15 is 0 Å². The van der Waals surface area contributed by atoms with E-state index in [2.05, 4.69) is 19.9 Å². The van der Waals surface area contributed by atoms with E-state index in [1.54, 1.807) is 0 Å². The summed E-state index contributed by atoms with van der Waals surface area (Å²) in [5.74, 6) is 0.676. The highest BCUT2D eigenvalue weighted by molar-refractivity contribution is 5.11. The Hall–Kier alpha value is -0.300. The Balaban J connectivity index is 2.51. The van der Waals surface area contributed by atoms with Crippen molar-refractivity contribution in [1.29, 1.82) is 0 Å². The first-order valence-corrected chi connectivity index (χ1v) is 6.13. The highest BCUT2D eigenvalue weighted by Gasteiger charge is 2.21. The average Bonchev–Trinajstić information content (AvgIpc) is 2.21. The second-order valence-corrected chi connectivity index (χ2v) is 4.43. The fourth-order valence-corrected chi connectivity index (χ4v) is 2.58. The second-order valence-electron chi connectivity index (χ2n) is 4.43. The SMILES string of the molecule is C/C=C(\C1CCCCC1)[C@H](O)CCC. The molecule has 0 aromatic heterocycles. The molecule has 1 heteroatoms. The van der Waals surface area contributed by atoms with Crippen LogP contribution in [0.1, 0.15) is 58.8 Å². The molecular formula is C13H24O. The van der Waals surface area contributed by atoms with Gasteiger partial charge in [-0.25, -0.2) is 0 Å². The van der Waals surface area contributed by atoms with Crippen LogP contribution in [0.25, 0.3) is 0 Å². The van der Waals surface area contributed by atoms with Gasteiger partial charge in [0.05, 0.1) is 6.10 Å². The van der Waals surface area contributed by atoms with Crippen LogP contribution >= 0.6 is 0 Å². The maximum atomic E-state index is 9.99. The van der Waals surface area contributed by atoms with E-state index in [0.29, 0.717) is 5.92 Å². The zero-order chi connectivity index (χ0) is 10.4. The molecule has 14 heavy (non-hydrogen) atoms. The van der Waals surface area contributed by atoms with Gasteiger partial charge in [-0.2, -0.15) is 0 Å². The molecule has 1 saturated carbocycles. The summed E-state index contributed by atoms with van der Waals surface area (Å²) in [6.07, 6.45) is 10.6. The van der Waals surface area contributed by atoms with Gasteiger partial charge in [0, 0.05) is 0 Å². The molecule has 1 nitrogen and oxygen atoms in total. The van der Waals surface area contributed by atoms with Crippen LogP contribution in [0.3, 0.4) is 0 Å². The molecule has 0 aromatic rings. The molecule has 0 spiro atoms. The van der Waals surface area contributed by atoms with Gasteiger partial charge in [-0.05, 0) is 37.7 Å². The average molecular weight is 196 g/mol. The van der Waals surface area contributed by atoms with Crippen molar-refractivity contribution >= 4 is 0 Å². The third-order valence-corrected chi connectivity index (χ3v) is 3.36. The summed E-state index contributed by atoms with van der Waals surface area (Å²) in [6.45, 7) is 4.21. The first-order valence-electron chi connectivity index (χ1n) is 6.13. The fourth-order valence-electron chi connectivity index (χ4n) is 2.58. The minimum Gasteiger partial charge on any atom is -0.389 e. The van der Waals surface area contributed by atoms with Crippen LogP contribution in [0, 0.1) is 5.92 Å². The van der Waals surface area contributed by atoms with Gasteiger partial charge in [-0.3, -0.25) is 0 Å². The summed E-state index contributed by atoms with van der Waals surface area (Å²) >= 11 is 0. The van der Waals surface area contributed by atoms with E-state index in [0.717, 1.165) is 12.8 Å². The van der Waals surface area contributed by atoms with Gasteiger partial charge in [-0.1, -0.05) is 38.7 Å². The van der Waals surface area contributed by atoms with Crippen LogP contribution in [0.2, 0.25) is 0 Å². The van der Waals surface area contributed by atoms with Crippen molar-refractivity contribution in [2.45, 2.75) is 64.9 Å². The fraction of sp³-hybridized carbons (Fsp3) is 0.846. The van der Waals surface area contributed by atoms with Gasteiger partial charge >= 0.3 is 0 Å². The minimum absolute atomic E-state index is 0.173. The van der Waals surface area contributed by atoms with Crippen molar-refractivity contribution in [3.8, 4) is 0 Å². The Morgan fingerprint density at radius 1 is 1.36 bits per heavy atom. The topological polar surface area (TPSA) is 20.2 Å². The van der Waals surface area contributed by atoms with Gasteiger partial charge in [0.1, 0.15) is 0 Å². The van der Waals surface area contributed by atoms with Crippen LogP contribution in [0.4, 0.5) is 0 Å². The highest BCUT2D eigenvalue weighted by Crippen LogP contribution is 2.32. The molecule has 1 atom stereocenters. The predicted octanol–water partition coefficient (Wildman–Crippen LogP) is 3.67. The molecule has 0 heterocycles. The molecule has 1 fully saturated rings. The lowest BCUT2D eigenvalue weighted by Crippen LogP contribution is -2.20. The summed E-state index contributed by atoms with van der Waals surface area (Å²) in [4.78, 5) is 0. The molecule has 0 radical (unpaired) electrons. The molecular weight excluding hydrogens is 172 g/mol. The van der Waals surface area contributed by atoms with Crippen molar-refractivity contribution in [2.24, 2.45) is 5.92 Å². The number of aliphatic hydroxyl groups excluding tert-OH is 1. The van der Waals surface area contributed by atoms with Crippen molar-refractivity contribution in [2.75, 3.05) is 0 Å². The molecule has 1 aliphatic carbocycles. The van der Waals surface area contributed by atoms with E-state index in [-0.39, 0.29) is 6.10 Å². The summed E-state index contributed by atoms with van der Waals surface area (Å²) in [6, 6.07) is 0. The van der Waals surface area contributed by atoms with Gasteiger partial charge < -0.3 is 5.11 Å². The lowest BCUT2D eigenvalue weighted by atomic mass is 9.81. The largest absolute Gasteiger partial charge is 0.389 e. The minimum atomic E-state index is -0.173. The molecule has 0 amide bonds. The highest BCUT2D eigenvalue weighted by atomic mass is 16.3. The Kier molecular flexibility index (Phi) is 5.24. The van der Waals surface area contributed by atoms with Gasteiger partial charge in [-0.15, -0.1) is 0 Å². The van der Waals surface area contributed by atoms with Crippen molar-refractivity contribution in [3.05, 3.63) is 11.6 Å². The van der Waals surface area contributed by atoms with E-state index in [4.69, 9.17) is 0 Å². The first-order chi connectivity index (χ1) is 6.79. The van der Waals surface area contributed by atoms with Gasteiger partial charge in [0.2, 0.25) is 0 Å². The lowest BCUT2D eigenvalue weighted by molar-refractivity contribution is 0.177. The third kappa shape index (κ3) is 3.13. The molecule has 0 saturated heterocycles. The zero-order valence-electron chi connectivity index (χ0n) is 9.63. The Morgan fingerprint density at radius 2 is 2.00 bits per heavy atom. The third-order valence-electron chi connectivity index (χ3n) is 3.36. The van der Waals surface area contributed by atoms with E-state index in [1.165, 1.54) is 37.7 Å². The summed E-state index contributed by atoms with van der Waals surface area (Å²) in [7, 11) is 0. The summed E-state index contributed by atoms with van der Waals surface area (Å²) in [5, 5.41) is 9.99. The van der Waals surface area contributed by atoms with Gasteiger partial charge in [0.15, 0.2) is 0 Å². The summed E-state index contributed by atoms with van der Waals surface area (Å²) in [5.41, 5.74) is 1.31. The smallest absolute Gasteiger partial charge is 0.0752 e.